The van der Waals surface area contributed by atoms with Crippen LogP contribution in [0.3, 0.4) is 0 Å². The summed E-state index contributed by atoms with van der Waals surface area (Å²) in [6.45, 7) is 0.361. The summed E-state index contributed by atoms with van der Waals surface area (Å²) < 4.78 is 41.8. The predicted molar refractivity (Wildman–Crippen MR) is 146 cm³/mol. The van der Waals surface area contributed by atoms with Gasteiger partial charge in [-0.25, -0.2) is 22.8 Å². The monoisotopic (exact) mass is 601 g/mol. The van der Waals surface area contributed by atoms with Crippen molar-refractivity contribution in [3.8, 4) is 11.3 Å². The molecule has 0 bridgehead atoms. The molecule has 1 amide bonds. The summed E-state index contributed by atoms with van der Waals surface area (Å²) in [7, 11) is -3.93. The topological polar surface area (TPSA) is 104 Å². The summed E-state index contributed by atoms with van der Waals surface area (Å²) in [6, 6.07) is 13.8. The van der Waals surface area contributed by atoms with Gasteiger partial charge in [0, 0.05) is 22.6 Å². The second kappa shape index (κ2) is 11.5. The van der Waals surface area contributed by atoms with Gasteiger partial charge in [-0.05, 0) is 68.1 Å². The first kappa shape index (κ1) is 26.7. The van der Waals surface area contributed by atoms with E-state index < -0.39 is 21.9 Å². The molecule has 1 aliphatic carbocycles. The fraction of sp³-hybridized carbons (Fsp3) is 0.370. The van der Waals surface area contributed by atoms with E-state index in [1.807, 2.05) is 30.3 Å². The fourth-order valence-corrected chi connectivity index (χ4v) is 6.92. The summed E-state index contributed by atoms with van der Waals surface area (Å²) in [5, 5.41) is 6.32. The Bertz CT molecular complexity index is 1400. The van der Waals surface area contributed by atoms with Gasteiger partial charge in [0.25, 0.3) is 0 Å². The van der Waals surface area contributed by atoms with Crippen LogP contribution in [0.25, 0.3) is 11.3 Å². The molecule has 0 spiro atoms. The number of carbonyl (C=O) groups is 1. The number of benzene rings is 2. The second-order valence-electron chi connectivity index (χ2n) is 9.65. The number of nitrogens with one attached hydrogen (secondary N) is 2. The van der Waals surface area contributed by atoms with E-state index in [1.54, 1.807) is 0 Å². The lowest BCUT2D eigenvalue weighted by Crippen LogP contribution is -2.45. The van der Waals surface area contributed by atoms with E-state index in [0.29, 0.717) is 30.5 Å². The number of sulfonamides is 1. The third kappa shape index (κ3) is 6.05. The molecule has 1 aromatic heterocycles. The molecule has 1 aliphatic heterocycles. The van der Waals surface area contributed by atoms with Crippen LogP contribution in [0, 0.1) is 5.82 Å². The number of hydrogen-bond donors (Lipinski definition) is 2. The quantitative estimate of drug-likeness (QED) is 0.382. The minimum atomic E-state index is -3.93. The van der Waals surface area contributed by atoms with Crippen LogP contribution in [-0.4, -0.2) is 47.2 Å². The van der Waals surface area contributed by atoms with Gasteiger partial charge in [-0.1, -0.05) is 40.9 Å². The molecule has 1 atom stereocenters. The number of amides is 1. The Morgan fingerprint density at radius 2 is 1.71 bits per heavy atom. The Hall–Kier alpha value is -2.89. The maximum atomic E-state index is 13.3. The second-order valence-corrected chi connectivity index (χ2v) is 12.5. The van der Waals surface area contributed by atoms with Crippen molar-refractivity contribution in [2.75, 3.05) is 11.9 Å². The average molecular weight is 603 g/mol. The Morgan fingerprint density at radius 3 is 2.42 bits per heavy atom. The standard InChI is InChI=1S/C27H29BrFN5O3S/c28-19-9-7-18(8-10-19)24-16-22(32-27(33-24)31-21-4-1-2-5-21)17-30-26(35)25-6-3-15-34(25)38(36,37)23-13-11-20(29)12-14-23/h7-14,16,21,25H,1-6,15,17H2,(H,30,35)(H,31,32,33). The average Bonchev–Trinajstić information content (AvgIpc) is 3.61. The molecule has 8 nitrogen and oxygen atoms in total. The summed E-state index contributed by atoms with van der Waals surface area (Å²) in [4.78, 5) is 22.5. The number of anilines is 1. The molecule has 5 rings (SSSR count). The number of aromatic nitrogens is 2. The maximum absolute atomic E-state index is 13.3. The Kier molecular flexibility index (Phi) is 8.06. The van der Waals surface area contributed by atoms with Crippen molar-refractivity contribution in [2.24, 2.45) is 0 Å². The lowest BCUT2D eigenvalue weighted by molar-refractivity contribution is -0.124. The van der Waals surface area contributed by atoms with E-state index in [4.69, 9.17) is 4.98 Å². The molecule has 2 heterocycles. The molecular weight excluding hydrogens is 573 g/mol. The Labute approximate surface area is 230 Å². The largest absolute Gasteiger partial charge is 0.351 e. The van der Waals surface area contributed by atoms with E-state index in [9.17, 15) is 17.6 Å². The van der Waals surface area contributed by atoms with Crippen molar-refractivity contribution in [1.29, 1.82) is 0 Å². The first-order valence-electron chi connectivity index (χ1n) is 12.8. The van der Waals surface area contributed by atoms with E-state index in [2.05, 4.69) is 31.5 Å². The molecule has 200 valence electrons. The molecule has 1 unspecified atom stereocenters. The zero-order valence-electron chi connectivity index (χ0n) is 20.7. The first-order chi connectivity index (χ1) is 18.3. The molecular formula is C27H29BrFN5O3S. The van der Waals surface area contributed by atoms with Crippen LogP contribution >= 0.6 is 15.9 Å². The van der Waals surface area contributed by atoms with Crippen LogP contribution in [-0.2, 0) is 21.4 Å². The van der Waals surface area contributed by atoms with Gasteiger partial charge in [0.05, 0.1) is 22.8 Å². The van der Waals surface area contributed by atoms with Gasteiger partial charge in [0.1, 0.15) is 11.9 Å². The van der Waals surface area contributed by atoms with Crippen molar-refractivity contribution in [3.63, 3.8) is 0 Å². The minimum Gasteiger partial charge on any atom is -0.351 e. The highest BCUT2D eigenvalue weighted by molar-refractivity contribution is 9.10. The highest BCUT2D eigenvalue weighted by Crippen LogP contribution is 2.27. The zero-order chi connectivity index (χ0) is 26.7. The van der Waals surface area contributed by atoms with Crippen molar-refractivity contribution >= 4 is 37.8 Å². The number of nitrogens with zero attached hydrogens (tertiary/aromatic N) is 3. The molecule has 0 radical (unpaired) electrons. The third-order valence-corrected chi connectivity index (χ3v) is 9.43. The molecule has 1 saturated carbocycles. The van der Waals surface area contributed by atoms with Crippen LogP contribution in [0.15, 0.2) is 64.0 Å². The van der Waals surface area contributed by atoms with Gasteiger partial charge in [-0.3, -0.25) is 4.79 Å². The molecule has 2 aliphatic rings. The molecule has 1 saturated heterocycles. The van der Waals surface area contributed by atoms with Gasteiger partial charge in [0.15, 0.2) is 0 Å². The van der Waals surface area contributed by atoms with Crippen molar-refractivity contribution in [1.82, 2.24) is 19.6 Å². The first-order valence-corrected chi connectivity index (χ1v) is 15.0. The van der Waals surface area contributed by atoms with E-state index in [0.717, 1.165) is 40.7 Å². The maximum Gasteiger partial charge on any atom is 0.243 e. The van der Waals surface area contributed by atoms with Crippen LogP contribution < -0.4 is 10.6 Å². The van der Waals surface area contributed by atoms with E-state index in [-0.39, 0.29) is 23.9 Å². The molecule has 2 aromatic carbocycles. The summed E-state index contributed by atoms with van der Waals surface area (Å²) in [6.07, 6.45) is 5.46. The van der Waals surface area contributed by atoms with Crippen molar-refractivity contribution in [3.05, 3.63) is 70.6 Å². The van der Waals surface area contributed by atoms with Crippen LogP contribution in [0.5, 0.6) is 0 Å². The number of rotatable bonds is 8. The molecule has 11 heteroatoms. The SMILES string of the molecule is O=C(NCc1cc(-c2ccc(Br)cc2)nc(NC2CCCC2)n1)C1CCCN1S(=O)(=O)c1ccc(F)cc1. The van der Waals surface area contributed by atoms with Crippen LogP contribution in [0.2, 0.25) is 0 Å². The number of carbonyl (C=O) groups excluding carboxylic acids is 1. The third-order valence-electron chi connectivity index (χ3n) is 6.98. The van der Waals surface area contributed by atoms with Crippen LogP contribution in [0.1, 0.15) is 44.2 Å². The fourth-order valence-electron chi connectivity index (χ4n) is 5.00. The highest BCUT2D eigenvalue weighted by atomic mass is 79.9. The van der Waals surface area contributed by atoms with Gasteiger partial charge in [-0.15, -0.1) is 0 Å². The predicted octanol–water partition coefficient (Wildman–Crippen LogP) is 4.87. The molecule has 3 aromatic rings. The van der Waals surface area contributed by atoms with Crippen LogP contribution in [0.4, 0.5) is 10.3 Å². The van der Waals surface area contributed by atoms with Gasteiger partial charge >= 0.3 is 0 Å². The molecule has 38 heavy (non-hydrogen) atoms. The molecule has 2 N–H and O–H groups in total. The summed E-state index contributed by atoms with van der Waals surface area (Å²) >= 11 is 3.46. The lowest BCUT2D eigenvalue weighted by Gasteiger charge is -2.23. The smallest absolute Gasteiger partial charge is 0.243 e. The number of halogens is 2. The Balaban J connectivity index is 1.33. The minimum absolute atomic E-state index is 0.0313. The van der Waals surface area contributed by atoms with E-state index >= 15 is 0 Å². The van der Waals surface area contributed by atoms with Crippen molar-refractivity contribution in [2.45, 2.75) is 62.0 Å². The van der Waals surface area contributed by atoms with Gasteiger partial charge in [-0.2, -0.15) is 4.31 Å². The summed E-state index contributed by atoms with van der Waals surface area (Å²) in [5.74, 6) is -0.390. The van der Waals surface area contributed by atoms with Gasteiger partial charge in [0.2, 0.25) is 21.9 Å². The highest BCUT2D eigenvalue weighted by Gasteiger charge is 2.39. The zero-order valence-corrected chi connectivity index (χ0v) is 23.1. The molecule has 2 fully saturated rings. The van der Waals surface area contributed by atoms with Gasteiger partial charge < -0.3 is 10.6 Å². The Morgan fingerprint density at radius 1 is 1.00 bits per heavy atom. The summed E-state index contributed by atoms with van der Waals surface area (Å²) in [5.41, 5.74) is 2.28. The van der Waals surface area contributed by atoms with Crippen molar-refractivity contribution < 1.29 is 17.6 Å². The number of hydrogen-bond acceptors (Lipinski definition) is 6. The van der Waals surface area contributed by atoms with E-state index in [1.165, 1.54) is 29.3 Å². The normalized spacial score (nSPS) is 18.5. The lowest BCUT2D eigenvalue weighted by atomic mass is 10.1.